The summed E-state index contributed by atoms with van der Waals surface area (Å²) in [6.45, 7) is 9.15. The molecule has 0 N–H and O–H groups in total. The first-order valence-electron chi connectivity index (χ1n) is 6.03. The molecule has 7 heteroatoms. The van der Waals surface area contributed by atoms with Gasteiger partial charge in [0, 0.05) is 0 Å². The molecule has 0 unspecified atom stereocenters. The highest BCUT2D eigenvalue weighted by molar-refractivity contribution is 5.36. The number of benzene rings is 1. The molecule has 0 atom stereocenters. The predicted octanol–water partition coefficient (Wildman–Crippen LogP) is 5.96. The summed E-state index contributed by atoms with van der Waals surface area (Å²) >= 11 is 0. The van der Waals surface area contributed by atoms with Crippen molar-refractivity contribution in [2.75, 3.05) is 0 Å². The van der Waals surface area contributed by atoms with E-state index in [0.717, 1.165) is 19.1 Å². The predicted molar refractivity (Wildman–Crippen MR) is 65.6 cm³/mol. The molecule has 0 heterocycles. The van der Waals surface area contributed by atoms with Gasteiger partial charge in [-0.3, -0.25) is 0 Å². The Bertz CT molecular complexity index is 381. The quantitative estimate of drug-likeness (QED) is 0.581. The fraction of sp³-hybridized carbons (Fsp3) is 0.538. The number of halogens is 6. The van der Waals surface area contributed by atoms with Crippen molar-refractivity contribution in [3.63, 3.8) is 0 Å². The van der Waals surface area contributed by atoms with E-state index < -0.39 is 23.9 Å². The van der Waals surface area contributed by atoms with Crippen LogP contribution in [-0.2, 0) is 6.18 Å². The molecule has 0 aromatic heterocycles. The molecule has 0 radical (unpaired) electrons. The van der Waals surface area contributed by atoms with Crippen molar-refractivity contribution in [1.82, 2.24) is 0 Å². The van der Waals surface area contributed by atoms with Crippen LogP contribution in [0.3, 0.4) is 0 Å². The zero-order valence-corrected chi connectivity index (χ0v) is 11.9. The van der Waals surface area contributed by atoms with Gasteiger partial charge in [0.2, 0.25) is 0 Å². The third kappa shape index (κ3) is 7.91. The fourth-order valence-corrected chi connectivity index (χ4v) is 1.10. The van der Waals surface area contributed by atoms with Gasteiger partial charge < -0.3 is 4.74 Å². The van der Waals surface area contributed by atoms with Crippen LogP contribution in [0.5, 0.6) is 5.75 Å². The van der Waals surface area contributed by atoms with Crippen LogP contribution in [0.4, 0.5) is 26.3 Å². The van der Waals surface area contributed by atoms with Crippen LogP contribution >= 0.6 is 0 Å². The van der Waals surface area contributed by atoms with Crippen molar-refractivity contribution < 1.29 is 31.1 Å². The Hall–Kier alpha value is -1.40. The molecule has 0 saturated heterocycles. The molecule has 1 nitrogen and oxygen atoms in total. The minimum atomic E-state index is -5.00. The molecule has 1 rings (SSSR count). The van der Waals surface area contributed by atoms with Gasteiger partial charge in [0.1, 0.15) is 5.75 Å². The van der Waals surface area contributed by atoms with Crippen LogP contribution in [0.2, 0.25) is 0 Å². The van der Waals surface area contributed by atoms with Crippen molar-refractivity contribution in [1.29, 1.82) is 0 Å². The van der Waals surface area contributed by atoms with E-state index in [1.54, 1.807) is 0 Å². The zero-order chi connectivity index (χ0) is 16.6. The van der Waals surface area contributed by atoms with Crippen LogP contribution < -0.4 is 4.74 Å². The number of hydrogen-bond donors (Lipinski definition) is 0. The Morgan fingerprint density at radius 3 is 1.65 bits per heavy atom. The van der Waals surface area contributed by atoms with Gasteiger partial charge in [0.25, 0.3) is 0 Å². The van der Waals surface area contributed by atoms with Gasteiger partial charge in [0.05, 0.1) is 5.56 Å². The lowest BCUT2D eigenvalue weighted by molar-refractivity contribution is -0.274. The molecule has 0 fully saturated rings. The maximum atomic E-state index is 12.3. The van der Waals surface area contributed by atoms with Crippen molar-refractivity contribution in [2.45, 2.75) is 47.2 Å². The Balaban J connectivity index is 0. The first-order chi connectivity index (χ1) is 9.09. The van der Waals surface area contributed by atoms with Gasteiger partial charge in [-0.25, -0.2) is 0 Å². The minimum absolute atomic E-state index is 0.165. The number of aryl methyl sites for hydroxylation is 1. The maximum Gasteiger partial charge on any atom is 0.573 e. The third-order valence-electron chi connectivity index (χ3n) is 1.75. The Labute approximate surface area is 114 Å². The SMILES string of the molecule is CC.CC.Cc1ccc(OC(F)(F)F)cc1C(F)(F)F. The van der Waals surface area contributed by atoms with Gasteiger partial charge in [-0.1, -0.05) is 33.8 Å². The highest BCUT2D eigenvalue weighted by Crippen LogP contribution is 2.35. The average Bonchev–Trinajstić information content (AvgIpc) is 2.34. The molecule has 20 heavy (non-hydrogen) atoms. The standard InChI is InChI=1S/C9H6F6O.2C2H6/c1-5-2-3-6(16-9(13,14)15)4-7(5)8(10,11)12;2*1-2/h2-4H,1H3;2*1-2H3. The van der Waals surface area contributed by atoms with E-state index in [9.17, 15) is 26.3 Å². The molecule has 1 aromatic carbocycles. The normalized spacial score (nSPS) is 10.8. The van der Waals surface area contributed by atoms with Crippen LogP contribution in [-0.4, -0.2) is 6.36 Å². The molecule has 0 saturated carbocycles. The van der Waals surface area contributed by atoms with E-state index in [4.69, 9.17) is 0 Å². The largest absolute Gasteiger partial charge is 0.573 e. The number of alkyl halides is 6. The van der Waals surface area contributed by atoms with Gasteiger partial charge >= 0.3 is 12.5 Å². The summed E-state index contributed by atoms with van der Waals surface area (Å²) < 4.78 is 75.7. The Morgan fingerprint density at radius 1 is 0.850 bits per heavy atom. The van der Waals surface area contributed by atoms with Crippen molar-refractivity contribution in [3.05, 3.63) is 29.3 Å². The lowest BCUT2D eigenvalue weighted by atomic mass is 10.1. The zero-order valence-electron chi connectivity index (χ0n) is 11.9. The average molecular weight is 304 g/mol. The molecule has 0 aliphatic rings. The van der Waals surface area contributed by atoms with Gasteiger partial charge in [-0.15, -0.1) is 13.2 Å². The lowest BCUT2D eigenvalue weighted by Gasteiger charge is -2.13. The van der Waals surface area contributed by atoms with Crippen LogP contribution in [0.15, 0.2) is 18.2 Å². The number of hydrogen-bond acceptors (Lipinski definition) is 1. The summed E-state index contributed by atoms with van der Waals surface area (Å²) in [7, 11) is 0. The molecule has 1 aromatic rings. The van der Waals surface area contributed by atoms with Crippen molar-refractivity contribution in [2.24, 2.45) is 0 Å². The summed E-state index contributed by atoms with van der Waals surface area (Å²) in [4.78, 5) is 0. The molecule has 118 valence electrons. The fourth-order valence-electron chi connectivity index (χ4n) is 1.10. The van der Waals surface area contributed by atoms with E-state index in [-0.39, 0.29) is 5.56 Å². The molecule has 0 spiro atoms. The molecular weight excluding hydrogens is 286 g/mol. The molecule has 0 amide bonds. The summed E-state index contributed by atoms with van der Waals surface area (Å²) in [5.74, 6) is -0.884. The first kappa shape index (κ1) is 20.9. The topological polar surface area (TPSA) is 9.23 Å². The van der Waals surface area contributed by atoms with Crippen LogP contribution in [0.1, 0.15) is 38.8 Å². The molecule has 0 aliphatic carbocycles. The molecule has 0 aliphatic heterocycles. The third-order valence-corrected chi connectivity index (χ3v) is 1.75. The highest BCUT2D eigenvalue weighted by Gasteiger charge is 2.35. The molecular formula is C13H18F6O. The maximum absolute atomic E-state index is 12.3. The second-order valence-corrected chi connectivity index (χ2v) is 3.02. The Kier molecular flexibility index (Phi) is 9.10. The second kappa shape index (κ2) is 8.71. The molecule has 0 bridgehead atoms. The van der Waals surface area contributed by atoms with Gasteiger partial charge in [-0.2, -0.15) is 13.2 Å². The summed E-state index contributed by atoms with van der Waals surface area (Å²) in [5, 5.41) is 0. The Morgan fingerprint density at radius 2 is 1.30 bits per heavy atom. The van der Waals surface area contributed by atoms with E-state index in [1.165, 1.54) is 0 Å². The summed E-state index contributed by atoms with van der Waals surface area (Å²) in [6.07, 6.45) is -9.70. The van der Waals surface area contributed by atoms with E-state index in [1.807, 2.05) is 27.7 Å². The van der Waals surface area contributed by atoms with Crippen molar-refractivity contribution >= 4 is 0 Å². The van der Waals surface area contributed by atoms with Gasteiger partial charge in [0.15, 0.2) is 0 Å². The lowest BCUT2D eigenvalue weighted by Crippen LogP contribution is -2.18. The van der Waals surface area contributed by atoms with Crippen LogP contribution in [0.25, 0.3) is 0 Å². The highest BCUT2D eigenvalue weighted by atomic mass is 19.4. The summed E-state index contributed by atoms with van der Waals surface area (Å²) in [5.41, 5.74) is -1.31. The monoisotopic (exact) mass is 304 g/mol. The summed E-state index contributed by atoms with van der Waals surface area (Å²) in [6, 6.07) is 2.07. The second-order valence-electron chi connectivity index (χ2n) is 3.02. The van der Waals surface area contributed by atoms with Crippen LogP contribution in [0, 0.1) is 6.92 Å². The minimum Gasteiger partial charge on any atom is -0.406 e. The number of ether oxygens (including phenoxy) is 1. The van der Waals surface area contributed by atoms with Crippen molar-refractivity contribution in [3.8, 4) is 5.75 Å². The smallest absolute Gasteiger partial charge is 0.406 e. The first-order valence-corrected chi connectivity index (χ1v) is 6.03. The van der Waals surface area contributed by atoms with E-state index in [0.29, 0.717) is 6.07 Å². The van der Waals surface area contributed by atoms with Gasteiger partial charge in [-0.05, 0) is 24.6 Å². The number of rotatable bonds is 1. The van der Waals surface area contributed by atoms with E-state index >= 15 is 0 Å². The van der Waals surface area contributed by atoms with E-state index in [2.05, 4.69) is 4.74 Å².